The summed E-state index contributed by atoms with van der Waals surface area (Å²) in [7, 11) is 0. The summed E-state index contributed by atoms with van der Waals surface area (Å²) in [5, 5.41) is 13.8. The van der Waals surface area contributed by atoms with E-state index in [0.29, 0.717) is 15.1 Å². The number of carbonyl (C=O) groups excluding carboxylic acids is 1. The van der Waals surface area contributed by atoms with Crippen molar-refractivity contribution in [2.75, 3.05) is 5.32 Å². The Morgan fingerprint density at radius 1 is 1.41 bits per heavy atom. The molecule has 0 unspecified atom stereocenters. The van der Waals surface area contributed by atoms with E-state index in [9.17, 15) is 23.7 Å². The summed E-state index contributed by atoms with van der Waals surface area (Å²) in [5.74, 6) is -0.444. The van der Waals surface area contributed by atoms with Crippen molar-refractivity contribution >= 4 is 28.1 Å². The van der Waals surface area contributed by atoms with Gasteiger partial charge in [-0.3, -0.25) is 19.5 Å². The molecule has 0 bridgehead atoms. The summed E-state index contributed by atoms with van der Waals surface area (Å²) >= 11 is 1.00. The number of amides is 1. The molecular formula is C16H13F2N5O3S. The summed E-state index contributed by atoms with van der Waals surface area (Å²) in [4.78, 5) is 31.2. The highest BCUT2D eigenvalue weighted by atomic mass is 32.1. The van der Waals surface area contributed by atoms with Crippen molar-refractivity contribution < 1.29 is 18.5 Å². The molecule has 1 N–H and O–H groups in total. The summed E-state index contributed by atoms with van der Waals surface area (Å²) in [6.07, 6.45) is 2.20. The highest BCUT2D eigenvalue weighted by Gasteiger charge is 2.20. The maximum Gasteiger partial charge on any atom is 0.320 e. The van der Waals surface area contributed by atoms with Gasteiger partial charge in [0, 0.05) is 24.0 Å². The van der Waals surface area contributed by atoms with Crippen LogP contribution in [-0.4, -0.2) is 25.4 Å². The molecule has 8 nitrogen and oxygen atoms in total. The molecule has 0 fully saturated rings. The lowest BCUT2D eigenvalue weighted by molar-refractivity contribution is -0.385. The fourth-order valence-electron chi connectivity index (χ4n) is 2.48. The highest BCUT2D eigenvalue weighted by molar-refractivity contribution is 7.19. The molecule has 2 aromatic heterocycles. The maximum absolute atomic E-state index is 13.0. The van der Waals surface area contributed by atoms with E-state index in [1.54, 1.807) is 13.0 Å². The van der Waals surface area contributed by atoms with Crippen LogP contribution in [0.25, 0.3) is 10.7 Å². The number of nitro benzene ring substituents is 1. The number of nitro groups is 1. The number of halogens is 2. The number of aryl methyl sites for hydroxylation is 1. The lowest BCUT2D eigenvalue weighted by Crippen LogP contribution is -2.15. The standard InChI is InChI=1S/C16H13F2N5O3S/c1-9-13(14-19-6-7-22(14)15(17)18)27-16(20-9)21-12(24)8-10-4-2-3-5-11(10)23(25)26/h2-7,15H,8H2,1H3,(H,20,21,24). The van der Waals surface area contributed by atoms with Crippen LogP contribution in [0.3, 0.4) is 0 Å². The van der Waals surface area contributed by atoms with Crippen molar-refractivity contribution in [1.82, 2.24) is 14.5 Å². The Labute approximate surface area is 155 Å². The third-order valence-corrected chi connectivity index (χ3v) is 4.73. The van der Waals surface area contributed by atoms with Gasteiger partial charge in [-0.25, -0.2) is 9.97 Å². The van der Waals surface area contributed by atoms with E-state index >= 15 is 0 Å². The Kier molecular flexibility index (Phi) is 5.21. The number of hydrogen-bond donors (Lipinski definition) is 1. The van der Waals surface area contributed by atoms with E-state index < -0.39 is 17.4 Å². The number of aromatic nitrogens is 3. The number of para-hydroxylation sites is 1. The van der Waals surface area contributed by atoms with Crippen LogP contribution in [0.1, 0.15) is 17.8 Å². The van der Waals surface area contributed by atoms with E-state index in [2.05, 4.69) is 15.3 Å². The number of anilines is 1. The number of nitrogens with zero attached hydrogens (tertiary/aromatic N) is 4. The van der Waals surface area contributed by atoms with Gasteiger partial charge in [0.2, 0.25) is 5.91 Å². The number of benzene rings is 1. The van der Waals surface area contributed by atoms with Crippen LogP contribution >= 0.6 is 11.3 Å². The summed E-state index contributed by atoms with van der Waals surface area (Å²) in [6.45, 7) is -1.13. The Balaban J connectivity index is 1.78. The van der Waals surface area contributed by atoms with Crippen LogP contribution in [0.2, 0.25) is 0 Å². The minimum atomic E-state index is -2.75. The van der Waals surface area contributed by atoms with Crippen molar-refractivity contribution in [3.05, 3.63) is 58.0 Å². The molecule has 0 aliphatic rings. The van der Waals surface area contributed by atoms with Crippen molar-refractivity contribution in [1.29, 1.82) is 0 Å². The van der Waals surface area contributed by atoms with Crippen molar-refractivity contribution in [3.8, 4) is 10.7 Å². The van der Waals surface area contributed by atoms with Gasteiger partial charge in [-0.2, -0.15) is 8.78 Å². The fourth-order valence-corrected chi connectivity index (χ4v) is 3.46. The number of rotatable bonds is 6. The van der Waals surface area contributed by atoms with Crippen LogP contribution in [0.5, 0.6) is 0 Å². The van der Waals surface area contributed by atoms with Crippen LogP contribution < -0.4 is 5.32 Å². The molecule has 11 heteroatoms. The number of thiazole rings is 1. The molecule has 0 aliphatic carbocycles. The largest absolute Gasteiger partial charge is 0.320 e. The molecule has 140 valence electrons. The van der Waals surface area contributed by atoms with Gasteiger partial charge >= 0.3 is 6.55 Å². The van der Waals surface area contributed by atoms with Gasteiger partial charge in [0.1, 0.15) is 0 Å². The zero-order chi connectivity index (χ0) is 19.6. The van der Waals surface area contributed by atoms with Gasteiger partial charge in [-0.05, 0) is 6.92 Å². The van der Waals surface area contributed by atoms with Gasteiger partial charge in [0.25, 0.3) is 5.69 Å². The quantitative estimate of drug-likeness (QED) is 0.507. The zero-order valence-corrected chi connectivity index (χ0v) is 14.7. The first-order chi connectivity index (χ1) is 12.9. The van der Waals surface area contributed by atoms with Crippen LogP contribution in [0.15, 0.2) is 36.7 Å². The van der Waals surface area contributed by atoms with Crippen LogP contribution in [0.4, 0.5) is 19.6 Å². The first-order valence-electron chi connectivity index (χ1n) is 7.67. The number of nitrogens with one attached hydrogen (secondary N) is 1. The second-order valence-corrected chi connectivity index (χ2v) is 6.48. The van der Waals surface area contributed by atoms with Gasteiger partial charge in [0.05, 0.1) is 21.9 Å². The molecule has 3 rings (SSSR count). The van der Waals surface area contributed by atoms with Gasteiger partial charge in [-0.1, -0.05) is 29.5 Å². The summed E-state index contributed by atoms with van der Waals surface area (Å²) < 4.78 is 26.8. The average Bonchev–Trinajstić information content (AvgIpc) is 3.21. The molecule has 0 spiro atoms. The van der Waals surface area contributed by atoms with Gasteiger partial charge < -0.3 is 5.32 Å². The molecule has 27 heavy (non-hydrogen) atoms. The molecule has 0 radical (unpaired) electrons. The number of imidazole rings is 1. The first-order valence-corrected chi connectivity index (χ1v) is 8.49. The van der Waals surface area contributed by atoms with E-state index in [-0.39, 0.29) is 28.6 Å². The van der Waals surface area contributed by atoms with Gasteiger partial charge in [-0.15, -0.1) is 0 Å². The smallest absolute Gasteiger partial charge is 0.302 e. The Bertz CT molecular complexity index is 1000. The molecule has 0 saturated heterocycles. The SMILES string of the molecule is Cc1nc(NC(=O)Cc2ccccc2[N+](=O)[O-])sc1-c1nccn1C(F)F. The summed E-state index contributed by atoms with van der Waals surface area (Å²) in [5.41, 5.74) is 0.554. The lowest BCUT2D eigenvalue weighted by atomic mass is 10.1. The predicted octanol–water partition coefficient (Wildman–Crippen LogP) is 3.80. The molecule has 0 saturated carbocycles. The molecule has 1 aromatic carbocycles. The van der Waals surface area contributed by atoms with Crippen molar-refractivity contribution in [2.45, 2.75) is 19.9 Å². The van der Waals surface area contributed by atoms with Gasteiger partial charge in [0.15, 0.2) is 11.0 Å². The molecular weight excluding hydrogens is 380 g/mol. The normalized spacial score (nSPS) is 11.0. The molecule has 0 aliphatic heterocycles. The predicted molar refractivity (Wildman–Crippen MR) is 94.8 cm³/mol. The second-order valence-electron chi connectivity index (χ2n) is 5.48. The van der Waals surface area contributed by atoms with E-state index in [4.69, 9.17) is 0 Å². The van der Waals surface area contributed by atoms with Crippen LogP contribution in [0, 0.1) is 17.0 Å². The Hall–Kier alpha value is -3.21. The van der Waals surface area contributed by atoms with E-state index in [1.807, 2.05) is 0 Å². The number of hydrogen-bond acceptors (Lipinski definition) is 6. The molecule has 2 heterocycles. The Morgan fingerprint density at radius 2 is 2.15 bits per heavy atom. The number of alkyl halides is 2. The topological polar surface area (TPSA) is 103 Å². The third-order valence-electron chi connectivity index (χ3n) is 3.66. The van der Waals surface area contributed by atoms with Crippen molar-refractivity contribution in [2.24, 2.45) is 0 Å². The minimum Gasteiger partial charge on any atom is -0.302 e. The minimum absolute atomic E-state index is 0.0548. The average molecular weight is 393 g/mol. The van der Waals surface area contributed by atoms with E-state index in [0.717, 1.165) is 17.5 Å². The highest BCUT2D eigenvalue weighted by Crippen LogP contribution is 2.33. The Morgan fingerprint density at radius 3 is 2.85 bits per heavy atom. The lowest BCUT2D eigenvalue weighted by Gasteiger charge is -2.04. The third kappa shape index (κ3) is 3.97. The zero-order valence-electron chi connectivity index (χ0n) is 13.9. The van der Waals surface area contributed by atoms with Crippen molar-refractivity contribution in [3.63, 3.8) is 0 Å². The van der Waals surface area contributed by atoms with E-state index in [1.165, 1.54) is 24.4 Å². The molecule has 0 atom stereocenters. The molecule has 1 amide bonds. The van der Waals surface area contributed by atoms with Crippen LogP contribution in [-0.2, 0) is 11.2 Å². The number of carbonyl (C=O) groups is 1. The monoisotopic (exact) mass is 393 g/mol. The molecule has 3 aromatic rings. The maximum atomic E-state index is 13.0. The fraction of sp³-hybridized carbons (Fsp3) is 0.188. The first kappa shape index (κ1) is 18.6. The second kappa shape index (κ2) is 7.58. The summed E-state index contributed by atoms with van der Waals surface area (Å²) in [6, 6.07) is 5.93.